The number of sulfone groups is 1. The summed E-state index contributed by atoms with van der Waals surface area (Å²) in [4.78, 5) is 11.9. The molecule has 6 heteroatoms. The first-order chi connectivity index (χ1) is 8.37. The van der Waals surface area contributed by atoms with Crippen LogP contribution in [0.25, 0.3) is 0 Å². The summed E-state index contributed by atoms with van der Waals surface area (Å²) in [5.74, 6) is -0.826. The Morgan fingerprint density at radius 2 is 2.17 bits per heavy atom. The average molecular weight is 335 g/mol. The van der Waals surface area contributed by atoms with Crippen molar-refractivity contribution in [3.8, 4) is 0 Å². The molecule has 0 radical (unpaired) electrons. The van der Waals surface area contributed by atoms with E-state index in [0.717, 1.165) is 0 Å². The Labute approximate surface area is 113 Å². The van der Waals surface area contributed by atoms with Crippen LogP contribution in [-0.4, -0.2) is 25.7 Å². The fraction of sp³-hybridized carbons (Fsp3) is 0.417. The lowest BCUT2D eigenvalue weighted by atomic mass is 9.97. The monoisotopic (exact) mass is 334 g/mol. The van der Waals surface area contributed by atoms with Crippen molar-refractivity contribution >= 4 is 31.6 Å². The minimum Gasteiger partial charge on any atom is -0.299 e. The van der Waals surface area contributed by atoms with E-state index in [1.807, 2.05) is 0 Å². The summed E-state index contributed by atoms with van der Waals surface area (Å²) >= 11 is 3.06. The number of rotatable bonds is 3. The zero-order valence-electron chi connectivity index (χ0n) is 9.53. The molecular weight excluding hydrogens is 323 g/mol. The fourth-order valence-electron chi connectivity index (χ4n) is 2.04. The normalized spacial score (nSPS) is 22.0. The van der Waals surface area contributed by atoms with E-state index in [2.05, 4.69) is 15.9 Å². The van der Waals surface area contributed by atoms with E-state index in [1.54, 1.807) is 12.1 Å². The zero-order chi connectivity index (χ0) is 13.3. The summed E-state index contributed by atoms with van der Waals surface area (Å²) in [6.45, 7) is 0. The fourth-order valence-corrected chi connectivity index (χ4v) is 4.25. The molecule has 1 aliphatic rings. The molecule has 2 rings (SSSR count). The SMILES string of the molecule is O=C(Cc1ccc(F)c(Br)c1)C1CCS(=O)(=O)C1. The Bertz CT molecular complexity index is 583. The molecule has 0 spiro atoms. The number of carbonyl (C=O) groups is 1. The lowest BCUT2D eigenvalue weighted by molar-refractivity contribution is -0.121. The number of hydrogen-bond donors (Lipinski definition) is 0. The van der Waals surface area contributed by atoms with E-state index >= 15 is 0 Å². The standard InChI is InChI=1S/C12H12BrFO3S/c13-10-5-8(1-2-11(10)14)6-12(15)9-3-4-18(16,17)7-9/h1-2,5,9H,3-4,6-7H2. The first-order valence-corrected chi connectivity index (χ1v) is 8.16. The van der Waals surface area contributed by atoms with Gasteiger partial charge in [-0.15, -0.1) is 0 Å². The second kappa shape index (κ2) is 5.09. The summed E-state index contributed by atoms with van der Waals surface area (Å²) in [5.41, 5.74) is 0.692. The molecule has 0 aromatic heterocycles. The van der Waals surface area contributed by atoms with Crippen LogP contribution in [0.4, 0.5) is 4.39 Å². The van der Waals surface area contributed by atoms with Crippen LogP contribution in [0.15, 0.2) is 22.7 Å². The van der Waals surface area contributed by atoms with Gasteiger partial charge >= 0.3 is 0 Å². The Balaban J connectivity index is 2.06. The van der Waals surface area contributed by atoms with Crippen LogP contribution in [0.3, 0.4) is 0 Å². The van der Waals surface area contributed by atoms with E-state index < -0.39 is 15.8 Å². The van der Waals surface area contributed by atoms with Gasteiger partial charge < -0.3 is 0 Å². The van der Waals surface area contributed by atoms with Gasteiger partial charge in [-0.25, -0.2) is 12.8 Å². The van der Waals surface area contributed by atoms with Gasteiger partial charge in [-0.1, -0.05) is 6.07 Å². The van der Waals surface area contributed by atoms with Crippen LogP contribution in [0.2, 0.25) is 0 Å². The highest BCUT2D eigenvalue weighted by Gasteiger charge is 2.32. The molecule has 1 aromatic carbocycles. The quantitative estimate of drug-likeness (QED) is 0.850. The van der Waals surface area contributed by atoms with E-state index in [1.165, 1.54) is 6.07 Å². The van der Waals surface area contributed by atoms with Gasteiger partial charge in [0.2, 0.25) is 0 Å². The number of halogens is 2. The van der Waals surface area contributed by atoms with Crippen LogP contribution in [-0.2, 0) is 21.1 Å². The van der Waals surface area contributed by atoms with E-state index in [0.29, 0.717) is 16.5 Å². The van der Waals surface area contributed by atoms with Crippen LogP contribution in [0.5, 0.6) is 0 Å². The van der Waals surface area contributed by atoms with Crippen molar-refractivity contribution < 1.29 is 17.6 Å². The van der Waals surface area contributed by atoms with E-state index in [-0.39, 0.29) is 29.5 Å². The van der Waals surface area contributed by atoms with Crippen LogP contribution < -0.4 is 0 Å². The van der Waals surface area contributed by atoms with Crippen molar-refractivity contribution in [3.05, 3.63) is 34.1 Å². The Morgan fingerprint density at radius 3 is 2.72 bits per heavy atom. The van der Waals surface area contributed by atoms with Gasteiger partial charge in [-0.05, 0) is 40.0 Å². The molecule has 0 aliphatic carbocycles. The number of ketones is 1. The molecule has 0 bridgehead atoms. The maximum absolute atomic E-state index is 13.0. The van der Waals surface area contributed by atoms with Gasteiger partial charge in [0.05, 0.1) is 16.0 Å². The molecule has 0 N–H and O–H groups in total. The summed E-state index contributed by atoms with van der Waals surface area (Å²) in [6, 6.07) is 4.39. The molecule has 1 aliphatic heterocycles. The molecule has 1 atom stereocenters. The van der Waals surface area contributed by atoms with E-state index in [4.69, 9.17) is 0 Å². The van der Waals surface area contributed by atoms with Crippen molar-refractivity contribution in [1.82, 2.24) is 0 Å². The number of Topliss-reactive ketones (excluding diaryl/α,β-unsaturated/α-hetero) is 1. The number of carbonyl (C=O) groups excluding carboxylic acids is 1. The predicted molar refractivity (Wildman–Crippen MR) is 69.6 cm³/mol. The highest BCUT2D eigenvalue weighted by Crippen LogP contribution is 2.22. The molecule has 1 heterocycles. The average Bonchev–Trinajstić information content (AvgIpc) is 2.64. The minimum absolute atomic E-state index is 0.0474. The van der Waals surface area contributed by atoms with Crippen molar-refractivity contribution in [1.29, 1.82) is 0 Å². The lowest BCUT2D eigenvalue weighted by Gasteiger charge is -2.07. The summed E-state index contributed by atoms with van der Waals surface area (Å²) in [6.07, 6.45) is 0.558. The maximum Gasteiger partial charge on any atom is 0.151 e. The predicted octanol–water partition coefficient (Wildman–Crippen LogP) is 2.13. The molecule has 1 saturated heterocycles. The molecule has 1 aromatic rings. The van der Waals surface area contributed by atoms with Crippen molar-refractivity contribution in [2.45, 2.75) is 12.8 Å². The smallest absolute Gasteiger partial charge is 0.151 e. The largest absolute Gasteiger partial charge is 0.299 e. The first kappa shape index (κ1) is 13.7. The molecular formula is C12H12BrFO3S. The highest BCUT2D eigenvalue weighted by atomic mass is 79.9. The molecule has 18 heavy (non-hydrogen) atoms. The molecule has 3 nitrogen and oxygen atoms in total. The second-order valence-corrected chi connectivity index (χ2v) is 7.57. The second-order valence-electron chi connectivity index (χ2n) is 4.49. The summed E-state index contributed by atoms with van der Waals surface area (Å²) in [5, 5.41) is 0. The van der Waals surface area contributed by atoms with Crippen LogP contribution in [0, 0.1) is 11.7 Å². The van der Waals surface area contributed by atoms with Gasteiger partial charge in [-0.3, -0.25) is 4.79 Å². The van der Waals surface area contributed by atoms with Crippen LogP contribution >= 0.6 is 15.9 Å². The third-order valence-corrected chi connectivity index (χ3v) is 5.43. The molecule has 1 unspecified atom stereocenters. The van der Waals surface area contributed by atoms with Gasteiger partial charge in [0.1, 0.15) is 11.6 Å². The van der Waals surface area contributed by atoms with Gasteiger partial charge in [0, 0.05) is 12.3 Å². The minimum atomic E-state index is -3.04. The summed E-state index contributed by atoms with van der Waals surface area (Å²) < 4.78 is 35.9. The highest BCUT2D eigenvalue weighted by molar-refractivity contribution is 9.10. The number of hydrogen-bond acceptors (Lipinski definition) is 3. The zero-order valence-corrected chi connectivity index (χ0v) is 11.9. The van der Waals surface area contributed by atoms with Crippen molar-refractivity contribution in [3.63, 3.8) is 0 Å². The lowest BCUT2D eigenvalue weighted by Crippen LogP contribution is -2.18. The molecule has 1 fully saturated rings. The molecule has 98 valence electrons. The van der Waals surface area contributed by atoms with Crippen LogP contribution in [0.1, 0.15) is 12.0 Å². The Hall–Kier alpha value is -0.750. The van der Waals surface area contributed by atoms with Gasteiger partial charge in [0.25, 0.3) is 0 Å². The third kappa shape index (κ3) is 3.17. The third-order valence-electron chi connectivity index (χ3n) is 3.05. The van der Waals surface area contributed by atoms with Crippen molar-refractivity contribution in [2.24, 2.45) is 5.92 Å². The topological polar surface area (TPSA) is 51.2 Å². The maximum atomic E-state index is 13.0. The molecule has 0 amide bonds. The van der Waals surface area contributed by atoms with Crippen molar-refractivity contribution in [2.75, 3.05) is 11.5 Å². The van der Waals surface area contributed by atoms with E-state index in [9.17, 15) is 17.6 Å². The van der Waals surface area contributed by atoms with Gasteiger partial charge in [-0.2, -0.15) is 0 Å². The Morgan fingerprint density at radius 1 is 1.44 bits per heavy atom. The summed E-state index contributed by atoms with van der Waals surface area (Å²) in [7, 11) is -3.04. The first-order valence-electron chi connectivity index (χ1n) is 5.54. The Kier molecular flexibility index (Phi) is 3.87. The molecule has 0 saturated carbocycles. The van der Waals surface area contributed by atoms with Gasteiger partial charge in [0.15, 0.2) is 9.84 Å². The number of benzene rings is 1.